The number of anilines is 2. The molecule has 1 amide bonds. The lowest BCUT2D eigenvalue weighted by Gasteiger charge is -2.34. The topological polar surface area (TPSA) is 73.8 Å². The zero-order valence-corrected chi connectivity index (χ0v) is 19.2. The second-order valence-electron chi connectivity index (χ2n) is 8.56. The molecule has 8 heteroatoms. The molecule has 1 N–H and O–H groups in total. The summed E-state index contributed by atoms with van der Waals surface area (Å²) < 4.78 is 5.18. The first-order chi connectivity index (χ1) is 15.6. The number of hydrogen-bond donors (Lipinski definition) is 1. The first kappa shape index (κ1) is 22.5. The molecule has 0 aliphatic carbocycles. The summed E-state index contributed by atoms with van der Waals surface area (Å²) in [6, 6.07) is 10.0. The molecule has 2 aliphatic rings. The number of methoxy groups -OCH3 is 1. The Bertz CT molecular complexity index is 874. The van der Waals surface area contributed by atoms with Gasteiger partial charge >= 0.3 is 0 Å². The molecule has 2 fully saturated rings. The van der Waals surface area contributed by atoms with Gasteiger partial charge in [0.05, 0.1) is 7.11 Å². The van der Waals surface area contributed by atoms with Crippen LogP contribution in [0.15, 0.2) is 36.5 Å². The summed E-state index contributed by atoms with van der Waals surface area (Å²) in [4.78, 5) is 28.6. The molecule has 32 heavy (non-hydrogen) atoms. The maximum Gasteiger partial charge on any atom is 0.228 e. The van der Waals surface area contributed by atoms with Crippen molar-refractivity contribution in [2.24, 2.45) is 5.92 Å². The fraction of sp³-hybridized carbons (Fsp3) is 0.542. The number of nitrogens with zero attached hydrogens (tertiary/aromatic N) is 5. The molecule has 1 aromatic carbocycles. The van der Waals surface area contributed by atoms with Crippen LogP contribution >= 0.6 is 0 Å². The normalized spacial score (nSPS) is 18.5. The van der Waals surface area contributed by atoms with E-state index in [9.17, 15) is 4.79 Å². The summed E-state index contributed by atoms with van der Waals surface area (Å²) in [5.74, 6) is 1.32. The van der Waals surface area contributed by atoms with Crippen LogP contribution in [-0.4, -0.2) is 78.6 Å². The number of hydrogen-bond acceptors (Lipinski definition) is 7. The second-order valence-corrected chi connectivity index (χ2v) is 8.56. The van der Waals surface area contributed by atoms with Crippen LogP contribution in [0.5, 0.6) is 5.88 Å². The minimum absolute atomic E-state index is 0.00592. The first-order valence-corrected chi connectivity index (χ1v) is 11.6. The maximum absolute atomic E-state index is 12.8. The van der Waals surface area contributed by atoms with Crippen LogP contribution in [0.1, 0.15) is 25.3 Å². The lowest BCUT2D eigenvalue weighted by Crippen LogP contribution is -2.45. The number of ether oxygens (including phenoxy) is 1. The van der Waals surface area contributed by atoms with E-state index in [0.717, 1.165) is 70.9 Å². The molecule has 8 nitrogen and oxygen atoms in total. The van der Waals surface area contributed by atoms with Crippen molar-refractivity contribution in [3.05, 3.63) is 42.1 Å². The number of likely N-dealkylation sites (N-methyl/N-ethyl adjacent to an activating group) is 1. The largest absolute Gasteiger partial charge is 0.481 e. The summed E-state index contributed by atoms with van der Waals surface area (Å²) in [5.41, 5.74) is 2.16. The molecular formula is C24H34N6O2. The number of carbonyl (C=O) groups excluding carboxylic acids is 1. The van der Waals surface area contributed by atoms with Gasteiger partial charge in [-0.1, -0.05) is 19.1 Å². The molecule has 0 atom stereocenters. The van der Waals surface area contributed by atoms with Gasteiger partial charge in [0.2, 0.25) is 17.7 Å². The number of piperidine rings is 1. The van der Waals surface area contributed by atoms with Gasteiger partial charge in [-0.05, 0) is 37.1 Å². The Balaban J connectivity index is 1.24. The van der Waals surface area contributed by atoms with E-state index in [0.29, 0.717) is 11.8 Å². The molecule has 0 spiro atoms. The molecule has 0 bridgehead atoms. The van der Waals surface area contributed by atoms with E-state index in [2.05, 4.69) is 49.0 Å². The van der Waals surface area contributed by atoms with Gasteiger partial charge in [0.1, 0.15) is 0 Å². The van der Waals surface area contributed by atoms with E-state index in [1.807, 2.05) is 12.1 Å². The third kappa shape index (κ3) is 5.75. The summed E-state index contributed by atoms with van der Waals surface area (Å²) in [6.07, 6.45) is 3.27. The molecular weight excluding hydrogens is 404 g/mol. The standard InChI is InChI=1S/C24H34N6O2/c1-3-28-14-16-29(17-15-28)18-19-4-6-21(7-5-19)26-23(31)20-9-12-30(13-10-20)24-25-11-8-22(27-24)32-2/h4-8,11,20H,3,9-10,12-18H2,1-2H3,(H,26,31). The maximum atomic E-state index is 12.8. The molecule has 1 aromatic heterocycles. The fourth-order valence-corrected chi connectivity index (χ4v) is 4.40. The van der Waals surface area contributed by atoms with E-state index < -0.39 is 0 Å². The number of nitrogens with one attached hydrogen (secondary N) is 1. The van der Waals surface area contributed by atoms with Crippen molar-refractivity contribution in [2.45, 2.75) is 26.3 Å². The lowest BCUT2D eigenvalue weighted by atomic mass is 9.96. The van der Waals surface area contributed by atoms with Crippen LogP contribution in [0.25, 0.3) is 0 Å². The summed E-state index contributed by atoms with van der Waals surface area (Å²) in [6.45, 7) is 10.4. The fourth-order valence-electron chi connectivity index (χ4n) is 4.40. The van der Waals surface area contributed by atoms with Gasteiger partial charge in [-0.2, -0.15) is 4.98 Å². The molecule has 2 aromatic rings. The van der Waals surface area contributed by atoms with Gasteiger partial charge in [-0.15, -0.1) is 0 Å². The van der Waals surface area contributed by atoms with Crippen LogP contribution in [0, 0.1) is 5.92 Å². The molecule has 0 radical (unpaired) electrons. The Morgan fingerprint density at radius 3 is 2.38 bits per heavy atom. The van der Waals surface area contributed by atoms with Crippen molar-refractivity contribution in [1.82, 2.24) is 19.8 Å². The van der Waals surface area contributed by atoms with Crippen molar-refractivity contribution in [3.63, 3.8) is 0 Å². The number of amides is 1. The summed E-state index contributed by atoms with van der Waals surface area (Å²) in [7, 11) is 1.60. The molecule has 3 heterocycles. The smallest absolute Gasteiger partial charge is 0.228 e. The molecule has 172 valence electrons. The Morgan fingerprint density at radius 1 is 1.03 bits per heavy atom. The van der Waals surface area contributed by atoms with Crippen LogP contribution in [0.3, 0.4) is 0 Å². The van der Waals surface area contributed by atoms with Crippen molar-refractivity contribution in [2.75, 3.05) is 63.1 Å². The van der Waals surface area contributed by atoms with E-state index in [1.165, 1.54) is 5.56 Å². The molecule has 4 rings (SSSR count). The van der Waals surface area contributed by atoms with Gasteiger partial charge in [0.25, 0.3) is 0 Å². The number of piperazine rings is 1. The minimum atomic E-state index is 0.00592. The average Bonchev–Trinajstić information content (AvgIpc) is 2.86. The highest BCUT2D eigenvalue weighted by Gasteiger charge is 2.26. The van der Waals surface area contributed by atoms with Gasteiger partial charge in [0, 0.05) is 69.7 Å². The third-order valence-corrected chi connectivity index (χ3v) is 6.51. The first-order valence-electron chi connectivity index (χ1n) is 11.6. The Labute approximate surface area is 190 Å². The zero-order valence-electron chi connectivity index (χ0n) is 19.2. The van der Waals surface area contributed by atoms with Gasteiger partial charge < -0.3 is 19.9 Å². The van der Waals surface area contributed by atoms with E-state index >= 15 is 0 Å². The molecule has 2 saturated heterocycles. The zero-order chi connectivity index (χ0) is 22.3. The van der Waals surface area contributed by atoms with Crippen molar-refractivity contribution in [1.29, 1.82) is 0 Å². The highest BCUT2D eigenvalue weighted by Crippen LogP contribution is 2.23. The van der Waals surface area contributed by atoms with E-state index in [1.54, 1.807) is 19.4 Å². The van der Waals surface area contributed by atoms with Gasteiger partial charge in [0.15, 0.2) is 0 Å². The predicted octanol–water partition coefficient (Wildman–Crippen LogP) is 2.48. The number of benzene rings is 1. The predicted molar refractivity (Wildman–Crippen MR) is 126 cm³/mol. The lowest BCUT2D eigenvalue weighted by molar-refractivity contribution is -0.120. The van der Waals surface area contributed by atoms with E-state index in [4.69, 9.17) is 4.74 Å². The number of rotatable bonds is 7. The monoisotopic (exact) mass is 438 g/mol. The molecule has 0 unspecified atom stereocenters. The van der Waals surface area contributed by atoms with Crippen LogP contribution < -0.4 is 15.0 Å². The number of carbonyl (C=O) groups is 1. The average molecular weight is 439 g/mol. The van der Waals surface area contributed by atoms with Gasteiger partial charge in [-0.25, -0.2) is 4.98 Å². The Morgan fingerprint density at radius 2 is 1.72 bits per heavy atom. The third-order valence-electron chi connectivity index (χ3n) is 6.51. The molecule has 0 saturated carbocycles. The summed E-state index contributed by atoms with van der Waals surface area (Å²) >= 11 is 0. The quantitative estimate of drug-likeness (QED) is 0.712. The second kappa shape index (κ2) is 10.7. The van der Waals surface area contributed by atoms with Crippen LogP contribution in [0.4, 0.5) is 11.6 Å². The van der Waals surface area contributed by atoms with Crippen LogP contribution in [0.2, 0.25) is 0 Å². The Kier molecular flexibility index (Phi) is 7.55. The highest BCUT2D eigenvalue weighted by molar-refractivity contribution is 5.92. The van der Waals surface area contributed by atoms with Crippen molar-refractivity contribution in [3.8, 4) is 5.88 Å². The minimum Gasteiger partial charge on any atom is -0.481 e. The van der Waals surface area contributed by atoms with Crippen molar-refractivity contribution < 1.29 is 9.53 Å². The summed E-state index contributed by atoms with van der Waals surface area (Å²) in [5, 5.41) is 3.10. The van der Waals surface area contributed by atoms with Crippen LogP contribution in [-0.2, 0) is 11.3 Å². The number of aromatic nitrogens is 2. The van der Waals surface area contributed by atoms with Crippen molar-refractivity contribution >= 4 is 17.5 Å². The van der Waals surface area contributed by atoms with E-state index in [-0.39, 0.29) is 11.8 Å². The highest BCUT2D eigenvalue weighted by atomic mass is 16.5. The Hall–Kier alpha value is -2.71. The van der Waals surface area contributed by atoms with Gasteiger partial charge in [-0.3, -0.25) is 9.69 Å². The SMILES string of the molecule is CCN1CCN(Cc2ccc(NC(=O)C3CCN(c4nccc(OC)n4)CC3)cc2)CC1. The molecule has 2 aliphatic heterocycles.